The van der Waals surface area contributed by atoms with Gasteiger partial charge in [0.25, 0.3) is 0 Å². The van der Waals surface area contributed by atoms with Crippen LogP contribution in [0.15, 0.2) is 53.0 Å². The summed E-state index contributed by atoms with van der Waals surface area (Å²) in [4.78, 5) is 15.2. The van der Waals surface area contributed by atoms with Crippen molar-refractivity contribution in [1.82, 2.24) is 10.2 Å². The number of hydrogen-bond donors (Lipinski definition) is 1. The molecule has 20 heavy (non-hydrogen) atoms. The molecule has 0 aliphatic heterocycles. The first-order valence-electron chi connectivity index (χ1n) is 6.42. The summed E-state index contributed by atoms with van der Waals surface area (Å²) < 4.78 is 5.18. The van der Waals surface area contributed by atoms with Gasteiger partial charge in [0, 0.05) is 18.0 Å². The monoisotopic (exact) mass is 290 g/mol. The molecule has 0 aromatic carbocycles. The average Bonchev–Trinajstić information content (AvgIpc) is 3.09. The largest absolute Gasteiger partial charge is 0.467 e. The summed E-state index contributed by atoms with van der Waals surface area (Å²) in [5, 5.41) is 4.89. The molecule has 2 aromatic rings. The fourth-order valence-electron chi connectivity index (χ4n) is 1.85. The molecule has 0 unspecified atom stereocenters. The molecule has 0 aliphatic carbocycles. The lowest BCUT2D eigenvalue weighted by Crippen LogP contribution is -2.36. The van der Waals surface area contributed by atoms with E-state index < -0.39 is 0 Å². The van der Waals surface area contributed by atoms with Gasteiger partial charge in [-0.05, 0) is 23.6 Å². The van der Waals surface area contributed by atoms with Crippen molar-refractivity contribution in [2.75, 3.05) is 13.1 Å². The zero-order valence-corrected chi connectivity index (χ0v) is 12.1. The Morgan fingerprint density at radius 2 is 2.35 bits per heavy atom. The molecule has 106 valence electrons. The van der Waals surface area contributed by atoms with E-state index in [2.05, 4.69) is 22.9 Å². The van der Waals surface area contributed by atoms with Gasteiger partial charge in [-0.25, -0.2) is 0 Å². The van der Waals surface area contributed by atoms with Gasteiger partial charge in [-0.2, -0.15) is 0 Å². The van der Waals surface area contributed by atoms with Crippen LogP contribution in [0, 0.1) is 0 Å². The lowest BCUT2D eigenvalue weighted by atomic mass is 10.3. The van der Waals surface area contributed by atoms with Crippen molar-refractivity contribution in [2.24, 2.45) is 0 Å². The Balaban J connectivity index is 1.80. The Morgan fingerprint density at radius 1 is 1.45 bits per heavy atom. The number of furan rings is 1. The summed E-state index contributed by atoms with van der Waals surface area (Å²) in [5.41, 5.74) is 0. The predicted octanol–water partition coefficient (Wildman–Crippen LogP) is 2.65. The second kappa shape index (κ2) is 7.67. The van der Waals surface area contributed by atoms with Crippen molar-refractivity contribution >= 4 is 17.2 Å². The van der Waals surface area contributed by atoms with Crippen LogP contribution in [0.1, 0.15) is 10.6 Å². The quantitative estimate of drug-likeness (QED) is 0.760. The molecule has 5 heteroatoms. The average molecular weight is 290 g/mol. The minimum absolute atomic E-state index is 0.0141. The van der Waals surface area contributed by atoms with Gasteiger partial charge in [0.05, 0.1) is 19.4 Å². The molecule has 0 radical (unpaired) electrons. The van der Waals surface area contributed by atoms with Gasteiger partial charge in [-0.3, -0.25) is 9.69 Å². The van der Waals surface area contributed by atoms with E-state index in [4.69, 9.17) is 4.42 Å². The number of rotatable bonds is 8. The van der Waals surface area contributed by atoms with E-state index in [1.807, 2.05) is 29.7 Å². The van der Waals surface area contributed by atoms with Crippen LogP contribution in [-0.4, -0.2) is 23.9 Å². The third-order valence-electron chi connectivity index (χ3n) is 2.75. The Kier molecular flexibility index (Phi) is 5.58. The smallest absolute Gasteiger partial charge is 0.234 e. The maximum atomic E-state index is 11.9. The fraction of sp³-hybridized carbons (Fsp3) is 0.267. The molecular formula is C15H18N2O2S. The van der Waals surface area contributed by atoms with E-state index in [0.717, 1.165) is 12.3 Å². The number of amides is 1. The van der Waals surface area contributed by atoms with Crippen LogP contribution in [0.4, 0.5) is 0 Å². The van der Waals surface area contributed by atoms with Crippen LogP contribution < -0.4 is 5.32 Å². The first-order chi connectivity index (χ1) is 9.78. The maximum Gasteiger partial charge on any atom is 0.234 e. The standard InChI is InChI=1S/C15H18N2O2S/c1-2-7-17(11-14-6-4-9-20-14)12-15(18)16-10-13-5-3-8-19-13/h2-6,8-9H,1,7,10-12H2,(H,16,18). The molecular weight excluding hydrogens is 272 g/mol. The molecule has 0 aliphatic rings. The zero-order chi connectivity index (χ0) is 14.2. The van der Waals surface area contributed by atoms with Crippen molar-refractivity contribution in [3.8, 4) is 0 Å². The van der Waals surface area contributed by atoms with Crippen LogP contribution >= 0.6 is 11.3 Å². The number of carbonyl (C=O) groups excluding carboxylic acids is 1. The van der Waals surface area contributed by atoms with E-state index in [1.165, 1.54) is 4.88 Å². The van der Waals surface area contributed by atoms with Crippen molar-refractivity contribution < 1.29 is 9.21 Å². The van der Waals surface area contributed by atoms with Gasteiger partial charge in [-0.15, -0.1) is 17.9 Å². The Hall–Kier alpha value is -1.85. The van der Waals surface area contributed by atoms with Crippen molar-refractivity contribution in [1.29, 1.82) is 0 Å². The number of carbonyl (C=O) groups is 1. The summed E-state index contributed by atoms with van der Waals surface area (Å²) in [6.45, 7) is 5.96. The molecule has 0 atom stereocenters. The highest BCUT2D eigenvalue weighted by atomic mass is 32.1. The number of nitrogens with one attached hydrogen (secondary N) is 1. The highest BCUT2D eigenvalue weighted by Crippen LogP contribution is 2.11. The third-order valence-corrected chi connectivity index (χ3v) is 3.62. The molecule has 0 fully saturated rings. The van der Waals surface area contributed by atoms with Crippen molar-refractivity contribution in [3.05, 3.63) is 59.2 Å². The lowest BCUT2D eigenvalue weighted by molar-refractivity contribution is -0.122. The van der Waals surface area contributed by atoms with Gasteiger partial charge >= 0.3 is 0 Å². The summed E-state index contributed by atoms with van der Waals surface area (Å²) >= 11 is 1.69. The van der Waals surface area contributed by atoms with Crippen LogP contribution in [-0.2, 0) is 17.9 Å². The Bertz CT molecular complexity index is 520. The van der Waals surface area contributed by atoms with Crippen LogP contribution in [0.2, 0.25) is 0 Å². The van der Waals surface area contributed by atoms with E-state index >= 15 is 0 Å². The van der Waals surface area contributed by atoms with E-state index in [-0.39, 0.29) is 5.91 Å². The molecule has 2 aromatic heterocycles. The molecule has 2 heterocycles. The summed E-state index contributed by atoms with van der Waals surface area (Å²) in [7, 11) is 0. The van der Waals surface area contributed by atoms with Gasteiger partial charge in [0.2, 0.25) is 5.91 Å². The highest BCUT2D eigenvalue weighted by molar-refractivity contribution is 7.09. The van der Waals surface area contributed by atoms with Crippen LogP contribution in [0.5, 0.6) is 0 Å². The van der Waals surface area contributed by atoms with Gasteiger partial charge in [0.15, 0.2) is 0 Å². The molecule has 1 N–H and O–H groups in total. The minimum atomic E-state index is -0.0141. The molecule has 0 saturated heterocycles. The molecule has 0 bridgehead atoms. The Labute approximate surface area is 122 Å². The predicted molar refractivity (Wildman–Crippen MR) is 80.3 cm³/mol. The molecule has 0 saturated carbocycles. The second-order valence-corrected chi connectivity index (χ2v) is 5.43. The minimum Gasteiger partial charge on any atom is -0.467 e. The normalized spacial score (nSPS) is 10.7. The molecule has 1 amide bonds. The van der Waals surface area contributed by atoms with Crippen LogP contribution in [0.25, 0.3) is 0 Å². The van der Waals surface area contributed by atoms with Gasteiger partial charge in [0.1, 0.15) is 5.76 Å². The maximum absolute atomic E-state index is 11.9. The van der Waals surface area contributed by atoms with Gasteiger partial charge < -0.3 is 9.73 Å². The van der Waals surface area contributed by atoms with E-state index in [9.17, 15) is 4.79 Å². The molecule has 2 rings (SSSR count). The van der Waals surface area contributed by atoms with E-state index in [1.54, 1.807) is 17.6 Å². The lowest BCUT2D eigenvalue weighted by Gasteiger charge is -2.19. The van der Waals surface area contributed by atoms with E-state index in [0.29, 0.717) is 19.6 Å². The summed E-state index contributed by atoms with van der Waals surface area (Å²) in [5.74, 6) is 0.742. The first-order valence-corrected chi connectivity index (χ1v) is 7.30. The first kappa shape index (κ1) is 14.6. The molecule has 0 spiro atoms. The zero-order valence-electron chi connectivity index (χ0n) is 11.2. The number of thiophene rings is 1. The van der Waals surface area contributed by atoms with Crippen molar-refractivity contribution in [2.45, 2.75) is 13.1 Å². The summed E-state index contributed by atoms with van der Waals surface area (Å²) in [6.07, 6.45) is 3.41. The number of hydrogen-bond acceptors (Lipinski definition) is 4. The summed E-state index contributed by atoms with van der Waals surface area (Å²) in [6, 6.07) is 7.74. The fourth-order valence-corrected chi connectivity index (χ4v) is 2.59. The second-order valence-electron chi connectivity index (χ2n) is 4.39. The number of nitrogens with zero attached hydrogens (tertiary/aromatic N) is 1. The van der Waals surface area contributed by atoms with Crippen LogP contribution in [0.3, 0.4) is 0 Å². The highest BCUT2D eigenvalue weighted by Gasteiger charge is 2.10. The SMILES string of the molecule is C=CCN(CC(=O)NCc1ccco1)Cc1cccs1. The third kappa shape index (κ3) is 4.68. The van der Waals surface area contributed by atoms with Crippen molar-refractivity contribution in [3.63, 3.8) is 0 Å². The topological polar surface area (TPSA) is 45.5 Å². The Morgan fingerprint density at radius 3 is 3.00 bits per heavy atom. The molecule has 4 nitrogen and oxygen atoms in total. The van der Waals surface area contributed by atoms with Gasteiger partial charge in [-0.1, -0.05) is 12.1 Å².